The molecule has 0 aliphatic carbocycles. The summed E-state index contributed by atoms with van der Waals surface area (Å²) in [5.74, 6) is -0.941. The summed E-state index contributed by atoms with van der Waals surface area (Å²) >= 11 is 5.03. The van der Waals surface area contributed by atoms with Crippen LogP contribution in [0.4, 0.5) is 0 Å². The zero-order chi connectivity index (χ0) is 8.43. The molecule has 1 aromatic rings. The van der Waals surface area contributed by atoms with Gasteiger partial charge in [-0.3, -0.25) is 4.98 Å². The van der Waals surface area contributed by atoms with Crippen LogP contribution >= 0.6 is 38.5 Å². The predicted molar refractivity (Wildman–Crippen MR) is 51.6 cm³/mol. The standard InChI is InChI=1S/C6H3BrINO2/c7-3-1-9-2-4(8)5(3)6(10)11/h1-2H,(H,10,11). The molecule has 5 heteroatoms. The van der Waals surface area contributed by atoms with E-state index in [0.717, 1.165) is 0 Å². The molecular formula is C6H3BrINO2. The smallest absolute Gasteiger partial charge is 0.338 e. The quantitative estimate of drug-likeness (QED) is 0.804. The molecule has 0 fully saturated rings. The van der Waals surface area contributed by atoms with Gasteiger partial charge >= 0.3 is 5.97 Å². The minimum absolute atomic E-state index is 0.264. The molecule has 0 aromatic carbocycles. The Morgan fingerprint density at radius 1 is 1.64 bits per heavy atom. The predicted octanol–water partition coefficient (Wildman–Crippen LogP) is 2.15. The first kappa shape index (κ1) is 8.92. The van der Waals surface area contributed by atoms with E-state index in [-0.39, 0.29) is 5.56 Å². The molecule has 1 aromatic heterocycles. The van der Waals surface area contributed by atoms with Crippen molar-refractivity contribution in [1.82, 2.24) is 4.98 Å². The minimum Gasteiger partial charge on any atom is -0.478 e. The van der Waals surface area contributed by atoms with Crippen LogP contribution in [0.5, 0.6) is 0 Å². The lowest BCUT2D eigenvalue weighted by Crippen LogP contribution is -2.01. The van der Waals surface area contributed by atoms with E-state index < -0.39 is 5.97 Å². The fourth-order valence-corrected chi connectivity index (χ4v) is 2.17. The van der Waals surface area contributed by atoms with Gasteiger partial charge in [0.1, 0.15) is 0 Å². The van der Waals surface area contributed by atoms with E-state index in [4.69, 9.17) is 5.11 Å². The Morgan fingerprint density at radius 2 is 2.27 bits per heavy atom. The summed E-state index contributed by atoms with van der Waals surface area (Å²) in [6.45, 7) is 0. The molecule has 1 N–H and O–H groups in total. The molecule has 3 nitrogen and oxygen atoms in total. The Labute approximate surface area is 85.1 Å². The molecule has 11 heavy (non-hydrogen) atoms. The number of rotatable bonds is 1. The van der Waals surface area contributed by atoms with E-state index in [0.29, 0.717) is 8.04 Å². The molecule has 0 aliphatic rings. The maximum Gasteiger partial charge on any atom is 0.338 e. The second-order valence-corrected chi connectivity index (χ2v) is 3.80. The second-order valence-electron chi connectivity index (χ2n) is 1.78. The van der Waals surface area contributed by atoms with Gasteiger partial charge in [0.05, 0.1) is 10.0 Å². The van der Waals surface area contributed by atoms with E-state index >= 15 is 0 Å². The van der Waals surface area contributed by atoms with Crippen molar-refractivity contribution in [2.45, 2.75) is 0 Å². The summed E-state index contributed by atoms with van der Waals surface area (Å²) in [5, 5.41) is 8.68. The number of hydrogen-bond donors (Lipinski definition) is 1. The van der Waals surface area contributed by atoms with E-state index in [2.05, 4.69) is 20.9 Å². The number of aromatic nitrogens is 1. The maximum absolute atomic E-state index is 10.6. The average Bonchev–Trinajstić information content (AvgIpc) is 1.85. The van der Waals surface area contributed by atoms with Crippen molar-refractivity contribution in [3.63, 3.8) is 0 Å². The van der Waals surface area contributed by atoms with Gasteiger partial charge in [-0.2, -0.15) is 0 Å². The van der Waals surface area contributed by atoms with Crippen LogP contribution < -0.4 is 0 Å². The van der Waals surface area contributed by atoms with E-state index in [1.54, 1.807) is 0 Å². The third-order valence-corrected chi connectivity index (χ3v) is 2.49. The number of aromatic carboxylic acids is 1. The van der Waals surface area contributed by atoms with Gasteiger partial charge in [0.15, 0.2) is 0 Å². The van der Waals surface area contributed by atoms with E-state index in [9.17, 15) is 4.79 Å². The number of carboxylic acid groups (broad SMARTS) is 1. The van der Waals surface area contributed by atoms with Crippen LogP contribution in [0, 0.1) is 3.57 Å². The number of hydrogen-bond acceptors (Lipinski definition) is 2. The molecule has 58 valence electrons. The van der Waals surface area contributed by atoms with E-state index in [1.165, 1.54) is 12.4 Å². The highest BCUT2D eigenvalue weighted by atomic mass is 127. The molecule has 0 saturated carbocycles. The average molecular weight is 328 g/mol. The monoisotopic (exact) mass is 327 g/mol. The SMILES string of the molecule is O=C(O)c1c(Br)cncc1I. The molecule has 0 spiro atoms. The topological polar surface area (TPSA) is 50.2 Å². The highest BCUT2D eigenvalue weighted by Gasteiger charge is 2.11. The summed E-state index contributed by atoms with van der Waals surface area (Å²) in [6, 6.07) is 0. The fraction of sp³-hybridized carbons (Fsp3) is 0. The maximum atomic E-state index is 10.6. The van der Waals surface area contributed by atoms with Crippen LogP contribution in [0.15, 0.2) is 16.9 Å². The zero-order valence-corrected chi connectivity index (χ0v) is 8.96. The molecule has 0 radical (unpaired) electrons. The van der Waals surface area contributed by atoms with Crippen molar-refractivity contribution in [2.75, 3.05) is 0 Å². The Hall–Kier alpha value is -0.170. The van der Waals surface area contributed by atoms with Gasteiger partial charge in [0.25, 0.3) is 0 Å². The number of carbonyl (C=O) groups is 1. The molecule has 0 atom stereocenters. The Bertz CT molecular complexity index is 282. The van der Waals surface area contributed by atoms with Crippen LogP contribution in [-0.2, 0) is 0 Å². The third-order valence-electron chi connectivity index (χ3n) is 1.07. The van der Waals surface area contributed by atoms with Gasteiger partial charge < -0.3 is 5.11 Å². The van der Waals surface area contributed by atoms with Crippen molar-refractivity contribution in [3.05, 3.63) is 26.0 Å². The summed E-state index contributed by atoms with van der Waals surface area (Å²) < 4.78 is 1.14. The highest BCUT2D eigenvalue weighted by molar-refractivity contribution is 14.1. The minimum atomic E-state index is -0.941. The first-order chi connectivity index (χ1) is 5.13. The molecular weight excluding hydrogens is 325 g/mol. The van der Waals surface area contributed by atoms with Crippen LogP contribution in [0.25, 0.3) is 0 Å². The number of pyridine rings is 1. The lowest BCUT2D eigenvalue weighted by atomic mass is 10.3. The molecule has 0 unspecified atom stereocenters. The molecule has 1 rings (SSSR count). The Balaban J connectivity index is 3.32. The van der Waals surface area contributed by atoms with Gasteiger partial charge in [-0.1, -0.05) is 0 Å². The molecule has 1 heterocycles. The van der Waals surface area contributed by atoms with Crippen LogP contribution in [0.2, 0.25) is 0 Å². The molecule has 0 saturated heterocycles. The van der Waals surface area contributed by atoms with E-state index in [1.807, 2.05) is 22.6 Å². The fourth-order valence-electron chi connectivity index (χ4n) is 0.616. The first-order valence-electron chi connectivity index (χ1n) is 2.65. The van der Waals surface area contributed by atoms with Gasteiger partial charge in [0.2, 0.25) is 0 Å². The van der Waals surface area contributed by atoms with Gasteiger partial charge in [-0.25, -0.2) is 4.79 Å². The third kappa shape index (κ3) is 1.90. The lowest BCUT2D eigenvalue weighted by Gasteiger charge is -1.98. The van der Waals surface area contributed by atoms with Crippen LogP contribution in [0.3, 0.4) is 0 Å². The van der Waals surface area contributed by atoms with Crippen molar-refractivity contribution in [3.8, 4) is 0 Å². The van der Waals surface area contributed by atoms with Crippen molar-refractivity contribution < 1.29 is 9.90 Å². The van der Waals surface area contributed by atoms with Gasteiger partial charge in [-0.15, -0.1) is 0 Å². The van der Waals surface area contributed by atoms with Crippen LogP contribution in [0.1, 0.15) is 10.4 Å². The lowest BCUT2D eigenvalue weighted by molar-refractivity contribution is 0.0694. The van der Waals surface area contributed by atoms with Crippen molar-refractivity contribution in [2.24, 2.45) is 0 Å². The summed E-state index contributed by atoms with van der Waals surface area (Å²) in [5.41, 5.74) is 0.264. The summed E-state index contributed by atoms with van der Waals surface area (Å²) in [4.78, 5) is 14.4. The number of halogens is 2. The highest BCUT2D eigenvalue weighted by Crippen LogP contribution is 2.20. The van der Waals surface area contributed by atoms with Gasteiger partial charge in [0, 0.05) is 16.0 Å². The summed E-state index contributed by atoms with van der Waals surface area (Å²) in [6.07, 6.45) is 2.97. The number of carboxylic acids is 1. The molecule has 0 amide bonds. The normalized spacial score (nSPS) is 9.64. The van der Waals surface area contributed by atoms with Crippen molar-refractivity contribution >= 4 is 44.5 Å². The van der Waals surface area contributed by atoms with Gasteiger partial charge in [-0.05, 0) is 38.5 Å². The summed E-state index contributed by atoms with van der Waals surface area (Å²) in [7, 11) is 0. The second kappa shape index (κ2) is 3.48. The largest absolute Gasteiger partial charge is 0.478 e. The first-order valence-corrected chi connectivity index (χ1v) is 4.52. The Kier molecular flexibility index (Phi) is 2.83. The number of nitrogens with zero attached hydrogens (tertiary/aromatic N) is 1. The Morgan fingerprint density at radius 3 is 2.64 bits per heavy atom. The molecule has 0 aliphatic heterocycles. The zero-order valence-electron chi connectivity index (χ0n) is 5.21. The van der Waals surface area contributed by atoms with Crippen molar-refractivity contribution in [1.29, 1.82) is 0 Å². The molecule has 0 bridgehead atoms. The van der Waals surface area contributed by atoms with Crippen LogP contribution in [-0.4, -0.2) is 16.1 Å².